The van der Waals surface area contributed by atoms with Crippen LogP contribution in [0.3, 0.4) is 0 Å². The summed E-state index contributed by atoms with van der Waals surface area (Å²) in [5.74, 6) is 0. The molecule has 1 aliphatic rings. The lowest BCUT2D eigenvalue weighted by Gasteiger charge is -2.32. The minimum Gasteiger partial charge on any atom is -0.306 e. The van der Waals surface area contributed by atoms with Crippen LogP contribution in [-0.4, -0.2) is 9.61 Å². The summed E-state index contributed by atoms with van der Waals surface area (Å²) in [6.07, 6.45) is 0. The second-order valence-corrected chi connectivity index (χ2v) is 12.9. The molecule has 224 valence electrons. The zero-order chi connectivity index (χ0) is 31.5. The van der Waals surface area contributed by atoms with Crippen LogP contribution in [0.4, 0.5) is 17.1 Å². The van der Waals surface area contributed by atoms with Gasteiger partial charge in [-0.3, -0.25) is 0 Å². The lowest BCUT2D eigenvalue weighted by Crippen LogP contribution is -2.21. The van der Waals surface area contributed by atoms with E-state index >= 15 is 0 Å². The van der Waals surface area contributed by atoms with E-state index in [1.165, 1.54) is 33.4 Å². The topological polar surface area (TPSA) is 20.5 Å². The van der Waals surface area contributed by atoms with E-state index in [-0.39, 0.29) is 5.41 Å². The van der Waals surface area contributed by atoms with Gasteiger partial charge < -0.3 is 4.90 Å². The van der Waals surface area contributed by atoms with Crippen molar-refractivity contribution >= 4 is 33.5 Å². The molecule has 0 unspecified atom stereocenters. The van der Waals surface area contributed by atoms with Gasteiger partial charge in [-0.05, 0) is 63.7 Å². The van der Waals surface area contributed by atoms with E-state index in [1.54, 1.807) is 0 Å². The largest absolute Gasteiger partial charge is 0.306 e. The molecule has 0 saturated heterocycles. The maximum absolute atomic E-state index is 5.41. The summed E-state index contributed by atoms with van der Waals surface area (Å²) in [5.41, 5.74) is 14.9. The van der Waals surface area contributed by atoms with Crippen molar-refractivity contribution in [2.45, 2.75) is 19.3 Å². The summed E-state index contributed by atoms with van der Waals surface area (Å²) in [6.45, 7) is 4.73. The Morgan fingerprint density at radius 3 is 2.02 bits per heavy atom. The molecule has 1 aliphatic carbocycles. The van der Waals surface area contributed by atoms with Gasteiger partial charge >= 0.3 is 0 Å². The number of rotatable bonds is 5. The van der Waals surface area contributed by atoms with E-state index in [1.807, 2.05) is 0 Å². The molecule has 0 bridgehead atoms. The van der Waals surface area contributed by atoms with Crippen molar-refractivity contribution in [3.8, 4) is 33.5 Å². The third-order valence-electron chi connectivity index (χ3n) is 9.76. The minimum absolute atomic E-state index is 0.208. The molecular weight excluding hydrogens is 571 g/mol. The molecule has 0 N–H and O–H groups in total. The third-order valence-corrected chi connectivity index (χ3v) is 9.76. The van der Waals surface area contributed by atoms with Crippen molar-refractivity contribution in [3.05, 3.63) is 175 Å². The average Bonchev–Trinajstić information content (AvgIpc) is 3.63. The SMILES string of the molecule is CC1(C)c2ccccc2-c2cccc(N(c3cccc(-c4ccccc4)c3)c3c(-c4ccccc4)nn4c3ccc3ccccc34)c21. The van der Waals surface area contributed by atoms with E-state index in [2.05, 4.69) is 187 Å². The molecule has 3 nitrogen and oxygen atoms in total. The van der Waals surface area contributed by atoms with E-state index in [9.17, 15) is 0 Å². The molecule has 9 rings (SSSR count). The van der Waals surface area contributed by atoms with Crippen LogP contribution in [0.5, 0.6) is 0 Å². The molecule has 0 atom stereocenters. The van der Waals surface area contributed by atoms with Crippen LogP contribution < -0.4 is 4.90 Å². The molecule has 8 aromatic rings. The lowest BCUT2D eigenvalue weighted by molar-refractivity contribution is 0.661. The summed E-state index contributed by atoms with van der Waals surface area (Å²) < 4.78 is 2.13. The number of para-hydroxylation sites is 1. The maximum Gasteiger partial charge on any atom is 0.117 e. The number of fused-ring (bicyclic) bond motifs is 6. The van der Waals surface area contributed by atoms with Crippen LogP contribution in [0.2, 0.25) is 0 Å². The van der Waals surface area contributed by atoms with Gasteiger partial charge in [0.05, 0.1) is 16.7 Å². The second kappa shape index (κ2) is 10.6. The first-order valence-corrected chi connectivity index (χ1v) is 16.2. The molecule has 0 spiro atoms. The number of aromatic nitrogens is 2. The number of nitrogens with zero attached hydrogens (tertiary/aromatic N) is 3. The van der Waals surface area contributed by atoms with Crippen LogP contribution in [0.15, 0.2) is 164 Å². The van der Waals surface area contributed by atoms with Crippen LogP contribution in [0.1, 0.15) is 25.0 Å². The Kier molecular flexibility index (Phi) is 6.16. The van der Waals surface area contributed by atoms with Crippen molar-refractivity contribution in [2.24, 2.45) is 0 Å². The third kappa shape index (κ3) is 4.24. The van der Waals surface area contributed by atoms with Gasteiger partial charge in [0.25, 0.3) is 0 Å². The normalized spacial score (nSPS) is 13.1. The molecule has 0 fully saturated rings. The van der Waals surface area contributed by atoms with Crippen LogP contribution in [0.25, 0.3) is 49.9 Å². The Bertz CT molecular complexity index is 2440. The first kappa shape index (κ1) is 27.4. The molecule has 0 aliphatic heterocycles. The number of anilines is 3. The molecule has 2 heterocycles. The number of pyridine rings is 1. The maximum atomic E-state index is 5.41. The van der Waals surface area contributed by atoms with E-state index in [0.717, 1.165) is 44.7 Å². The minimum atomic E-state index is -0.208. The molecule has 0 radical (unpaired) electrons. The van der Waals surface area contributed by atoms with Gasteiger partial charge in [-0.1, -0.05) is 147 Å². The highest BCUT2D eigenvalue weighted by Gasteiger charge is 2.39. The predicted molar refractivity (Wildman–Crippen MR) is 196 cm³/mol. The van der Waals surface area contributed by atoms with Gasteiger partial charge in [-0.15, -0.1) is 0 Å². The van der Waals surface area contributed by atoms with E-state index in [4.69, 9.17) is 5.10 Å². The monoisotopic (exact) mass is 603 g/mol. The average molecular weight is 604 g/mol. The highest BCUT2D eigenvalue weighted by atomic mass is 15.3. The number of hydrogen-bond donors (Lipinski definition) is 0. The first-order chi connectivity index (χ1) is 23.1. The van der Waals surface area contributed by atoms with Crippen molar-refractivity contribution in [3.63, 3.8) is 0 Å². The van der Waals surface area contributed by atoms with E-state index in [0.29, 0.717) is 0 Å². The fourth-order valence-electron chi connectivity index (χ4n) is 7.61. The highest BCUT2D eigenvalue weighted by molar-refractivity contribution is 6.01. The van der Waals surface area contributed by atoms with Gasteiger partial charge in [0, 0.05) is 22.1 Å². The molecular formula is C44H33N3. The van der Waals surface area contributed by atoms with Crippen LogP contribution in [0, 0.1) is 0 Å². The molecule has 3 heteroatoms. The van der Waals surface area contributed by atoms with Crippen LogP contribution >= 0.6 is 0 Å². The van der Waals surface area contributed by atoms with Gasteiger partial charge in [0.1, 0.15) is 11.4 Å². The summed E-state index contributed by atoms with van der Waals surface area (Å²) >= 11 is 0. The zero-order valence-electron chi connectivity index (χ0n) is 26.4. The molecule has 2 aromatic heterocycles. The Morgan fingerprint density at radius 1 is 0.532 bits per heavy atom. The Morgan fingerprint density at radius 2 is 1.19 bits per heavy atom. The van der Waals surface area contributed by atoms with Crippen molar-refractivity contribution < 1.29 is 0 Å². The number of hydrogen-bond acceptors (Lipinski definition) is 2. The molecule has 0 saturated carbocycles. The lowest BCUT2D eigenvalue weighted by atomic mass is 9.81. The quantitative estimate of drug-likeness (QED) is 0.195. The second-order valence-electron chi connectivity index (χ2n) is 12.9. The summed E-state index contributed by atoms with van der Waals surface area (Å²) in [4.78, 5) is 2.47. The van der Waals surface area contributed by atoms with Gasteiger partial charge in [0.15, 0.2) is 0 Å². The number of benzene rings is 6. The predicted octanol–water partition coefficient (Wildman–Crippen LogP) is 11.6. The summed E-state index contributed by atoms with van der Waals surface area (Å²) in [7, 11) is 0. The molecule has 6 aromatic carbocycles. The standard InChI is InChI=1S/C44H33N3/c1-44(2)37-24-11-10-22-35(37)36-23-14-26-39(41(36)44)46(34-21-13-20-33(29-34)30-15-5-3-6-16-30)43-40-28-27-31-17-9-12-25-38(31)47(40)45-42(43)32-18-7-4-8-19-32/h3-29H,1-2H3. The smallest absolute Gasteiger partial charge is 0.117 e. The fourth-order valence-corrected chi connectivity index (χ4v) is 7.61. The summed E-state index contributed by atoms with van der Waals surface area (Å²) in [5, 5.41) is 6.56. The highest BCUT2D eigenvalue weighted by Crippen LogP contribution is 2.55. The van der Waals surface area contributed by atoms with Crippen molar-refractivity contribution in [1.82, 2.24) is 9.61 Å². The van der Waals surface area contributed by atoms with Crippen molar-refractivity contribution in [2.75, 3.05) is 4.90 Å². The van der Waals surface area contributed by atoms with Gasteiger partial charge in [-0.25, -0.2) is 4.52 Å². The Hall–Kier alpha value is -5.93. The first-order valence-electron chi connectivity index (χ1n) is 16.2. The zero-order valence-corrected chi connectivity index (χ0v) is 26.4. The van der Waals surface area contributed by atoms with Gasteiger partial charge in [0.2, 0.25) is 0 Å². The fraction of sp³-hybridized carbons (Fsp3) is 0.0682. The summed E-state index contributed by atoms with van der Waals surface area (Å²) in [6, 6.07) is 58.8. The van der Waals surface area contributed by atoms with Crippen molar-refractivity contribution in [1.29, 1.82) is 0 Å². The molecule has 0 amide bonds. The molecule has 47 heavy (non-hydrogen) atoms. The Labute approximate surface area is 275 Å². The van der Waals surface area contributed by atoms with Gasteiger partial charge in [-0.2, -0.15) is 5.10 Å². The Balaban J connectivity index is 1.40. The van der Waals surface area contributed by atoms with Crippen LogP contribution in [-0.2, 0) is 5.41 Å². The van der Waals surface area contributed by atoms with E-state index < -0.39 is 0 Å².